The highest BCUT2D eigenvalue weighted by atomic mass is 16.5. The van der Waals surface area contributed by atoms with Crippen LogP contribution < -0.4 is 53.7 Å². The molecule has 4 aromatic heterocycles. The third-order valence-electron chi connectivity index (χ3n) is 13.6. The zero-order valence-electron chi connectivity index (χ0n) is 46.2. The smallest absolute Gasteiger partial charge is 0.312 e. The van der Waals surface area contributed by atoms with Crippen molar-refractivity contribution in [2.24, 2.45) is 28.9 Å². The van der Waals surface area contributed by atoms with Crippen molar-refractivity contribution < 1.29 is 43.0 Å². The number of benzene rings is 2. The highest BCUT2D eigenvalue weighted by Crippen LogP contribution is 2.33. The van der Waals surface area contributed by atoms with E-state index in [2.05, 4.69) is 36.4 Å². The van der Waals surface area contributed by atoms with Crippen LogP contribution in [-0.4, -0.2) is 155 Å². The van der Waals surface area contributed by atoms with Crippen molar-refractivity contribution in [3.63, 3.8) is 0 Å². The van der Waals surface area contributed by atoms with E-state index in [0.29, 0.717) is 103 Å². The molecular weight excluding hydrogens is 1030 g/mol. The summed E-state index contributed by atoms with van der Waals surface area (Å²) in [4.78, 5) is 104. The number of carbonyl (C=O) groups excluding carboxylic acids is 7. The lowest BCUT2D eigenvalue weighted by Gasteiger charge is -2.36. The Hall–Kier alpha value is -8.85. The first-order chi connectivity index (χ1) is 38.2. The van der Waals surface area contributed by atoms with Crippen molar-refractivity contribution >= 4 is 75.4 Å². The van der Waals surface area contributed by atoms with Gasteiger partial charge in [-0.1, -0.05) is 26.0 Å². The number of aryl methyl sites for hydroxylation is 4. The van der Waals surface area contributed by atoms with Gasteiger partial charge in [-0.2, -0.15) is 10.2 Å². The Morgan fingerprint density at radius 2 is 1.23 bits per heavy atom. The minimum Gasteiger partial charge on any atom is -0.494 e. The summed E-state index contributed by atoms with van der Waals surface area (Å²) >= 11 is 0. The fourth-order valence-corrected chi connectivity index (χ4v) is 9.41. The van der Waals surface area contributed by atoms with E-state index >= 15 is 0 Å². The van der Waals surface area contributed by atoms with Gasteiger partial charge in [0.25, 0.3) is 11.8 Å². The second kappa shape index (κ2) is 26.2. The number of nitrogens with two attached hydrogens (primary N) is 4. The number of urea groups is 1. The summed E-state index contributed by atoms with van der Waals surface area (Å²) in [5.74, 6) is -2.32. The molecule has 27 nitrogen and oxygen atoms in total. The molecule has 0 spiro atoms. The van der Waals surface area contributed by atoms with Crippen LogP contribution >= 0.6 is 0 Å². The normalized spacial score (nSPS) is 13.7. The number of anilines is 2. The summed E-state index contributed by atoms with van der Waals surface area (Å²) in [6.45, 7) is 15.0. The second-order valence-electron chi connectivity index (χ2n) is 19.7. The number of fused-ring (bicyclic) bond motifs is 2. The molecule has 1 saturated heterocycles. The number of nitrogens with one attached hydrogen (secondary N) is 4. The first kappa shape index (κ1) is 58.8. The molecule has 2 atom stereocenters. The van der Waals surface area contributed by atoms with Gasteiger partial charge in [-0.05, 0) is 89.3 Å². The van der Waals surface area contributed by atoms with Crippen molar-refractivity contribution in [1.82, 2.24) is 59.1 Å². The number of aromatic nitrogens is 8. The molecule has 0 bridgehead atoms. The second-order valence-corrected chi connectivity index (χ2v) is 19.7. The molecular formula is C53H72N18O9. The molecule has 1 aliphatic rings. The van der Waals surface area contributed by atoms with E-state index in [9.17, 15) is 33.6 Å². The molecule has 7 rings (SSSR count). The summed E-state index contributed by atoms with van der Waals surface area (Å²) < 4.78 is 18.8. The highest BCUT2D eigenvalue weighted by molar-refractivity contribution is 6.05. The fraction of sp³-hybridized carbons (Fsp3) is 0.453. The molecule has 0 aliphatic carbocycles. The van der Waals surface area contributed by atoms with E-state index in [0.717, 1.165) is 0 Å². The molecule has 0 saturated carbocycles. The molecule has 27 heteroatoms. The van der Waals surface area contributed by atoms with Crippen LogP contribution in [0.1, 0.15) is 100 Å². The number of amides is 8. The van der Waals surface area contributed by atoms with Gasteiger partial charge >= 0.3 is 6.03 Å². The molecule has 0 unspecified atom stereocenters. The lowest BCUT2D eigenvalue weighted by molar-refractivity contribution is -0.138. The van der Waals surface area contributed by atoms with Gasteiger partial charge in [0.2, 0.25) is 35.5 Å². The third kappa shape index (κ3) is 13.9. The number of piperazine rings is 1. The number of nitrogens with zero attached hydrogens (tertiary/aromatic N) is 10. The maximum atomic E-state index is 14.0. The van der Waals surface area contributed by atoms with Gasteiger partial charge in [0, 0.05) is 76.6 Å². The van der Waals surface area contributed by atoms with Gasteiger partial charge in [0.05, 0.1) is 42.2 Å². The van der Waals surface area contributed by atoms with Crippen LogP contribution in [0.5, 0.6) is 11.5 Å². The van der Waals surface area contributed by atoms with Crippen LogP contribution in [0, 0.1) is 19.8 Å². The monoisotopic (exact) mass is 1100 g/mol. The Balaban J connectivity index is 1.13. The van der Waals surface area contributed by atoms with E-state index in [1.54, 1.807) is 49.4 Å². The zero-order chi connectivity index (χ0) is 57.9. The average molecular weight is 1110 g/mol. The van der Waals surface area contributed by atoms with Gasteiger partial charge in [0.15, 0.2) is 0 Å². The highest BCUT2D eigenvalue weighted by Gasteiger charge is 2.31. The minimum atomic E-state index is -0.836. The van der Waals surface area contributed by atoms with Gasteiger partial charge in [0.1, 0.15) is 40.0 Å². The maximum absolute atomic E-state index is 14.0. The van der Waals surface area contributed by atoms with E-state index < -0.39 is 47.7 Å². The predicted molar refractivity (Wildman–Crippen MR) is 298 cm³/mol. The fourth-order valence-electron chi connectivity index (χ4n) is 9.41. The number of allylic oxidation sites excluding steroid dienone is 2. The van der Waals surface area contributed by atoms with Crippen LogP contribution in [-0.2, 0) is 35.8 Å². The van der Waals surface area contributed by atoms with Gasteiger partial charge in [-0.15, -0.1) is 0 Å². The quantitative estimate of drug-likeness (QED) is 0.0285. The Bertz CT molecular complexity index is 3310. The lowest BCUT2D eigenvalue weighted by Crippen LogP contribution is -2.57. The number of methoxy groups -OCH3 is 1. The first-order valence-corrected chi connectivity index (χ1v) is 26.5. The summed E-state index contributed by atoms with van der Waals surface area (Å²) in [6.07, 6.45) is 4.86. The van der Waals surface area contributed by atoms with E-state index in [4.69, 9.17) is 42.4 Å². The van der Waals surface area contributed by atoms with E-state index in [1.807, 2.05) is 39.8 Å². The van der Waals surface area contributed by atoms with Crippen molar-refractivity contribution in [1.29, 1.82) is 0 Å². The Kier molecular flexibility index (Phi) is 19.3. The number of hydrogen-bond donors (Lipinski definition) is 8. The number of carbonyl (C=O) groups is 7. The van der Waals surface area contributed by atoms with Gasteiger partial charge in [-0.25, -0.2) is 14.8 Å². The maximum Gasteiger partial charge on any atom is 0.312 e. The Labute approximate surface area is 461 Å². The molecule has 0 radical (unpaired) electrons. The molecule has 6 aromatic rings. The number of imidazole rings is 2. The molecule has 8 amide bonds. The molecule has 5 heterocycles. The van der Waals surface area contributed by atoms with Crippen molar-refractivity contribution in [3.05, 3.63) is 82.5 Å². The largest absolute Gasteiger partial charge is 0.494 e. The first-order valence-electron chi connectivity index (χ1n) is 26.5. The predicted octanol–water partition coefficient (Wildman–Crippen LogP) is 2.23. The number of hydrogen-bond acceptors (Lipinski definition) is 15. The standard InChI is InChI=1S/C53H72N18O9/c1-8-70-38(24-31(5)64-70)47(74)62-52-60-36-26-33(45(55)72)28-40(79-7)43(36)68(52)17-10-11-18-69-44-37(61-53(69)63-48(75)39-25-32(6)65-71(39)9-2)27-34(46(56)73)29-41(44)80-23-13-16-66-19-21-67(22-20-66)50(77)35(14-12-15-58-51(57)78)59-49(76)42(54)30(3)4/h10-11,24-30,35,42H,8-9,12-23,54H2,1-7H3,(H2,55,72)(H2,56,73)(H,59,76)(H3,57,58,78)(H,60,62,74)(H,61,63,75)/b11-10+/t35-,42+/m0/s1. The molecule has 1 fully saturated rings. The minimum absolute atomic E-state index is 0.0963. The molecule has 80 heavy (non-hydrogen) atoms. The summed E-state index contributed by atoms with van der Waals surface area (Å²) in [7, 11) is 1.45. The van der Waals surface area contributed by atoms with Crippen molar-refractivity contribution in [2.45, 2.75) is 99.1 Å². The van der Waals surface area contributed by atoms with Gasteiger partial charge in [-0.3, -0.25) is 53.7 Å². The van der Waals surface area contributed by atoms with Crippen molar-refractivity contribution in [3.8, 4) is 11.5 Å². The van der Waals surface area contributed by atoms with Crippen LogP contribution in [0.25, 0.3) is 22.1 Å². The van der Waals surface area contributed by atoms with E-state index in [1.165, 1.54) is 31.4 Å². The zero-order valence-corrected chi connectivity index (χ0v) is 46.2. The Morgan fingerprint density at radius 3 is 1.70 bits per heavy atom. The van der Waals surface area contributed by atoms with Crippen LogP contribution in [0.4, 0.5) is 16.7 Å². The van der Waals surface area contributed by atoms with E-state index in [-0.39, 0.29) is 79.0 Å². The average Bonchev–Trinajstić information content (AvgIpc) is 4.37. The van der Waals surface area contributed by atoms with Crippen LogP contribution in [0.2, 0.25) is 0 Å². The molecule has 1 aliphatic heterocycles. The van der Waals surface area contributed by atoms with Crippen molar-refractivity contribution in [2.75, 3.05) is 63.6 Å². The third-order valence-corrected chi connectivity index (χ3v) is 13.6. The molecule has 2 aromatic carbocycles. The lowest BCUT2D eigenvalue weighted by atomic mass is 10.0. The Morgan fingerprint density at radius 1 is 0.713 bits per heavy atom. The molecule has 428 valence electrons. The van der Waals surface area contributed by atoms with Gasteiger partial charge < -0.3 is 57.1 Å². The summed E-state index contributed by atoms with van der Waals surface area (Å²) in [6, 6.07) is 7.11. The topological polar surface area (TPSA) is 368 Å². The summed E-state index contributed by atoms with van der Waals surface area (Å²) in [5, 5.41) is 20.1. The SMILES string of the molecule is CCn1nc(C)cc1C(=O)Nc1nc2cc(C(N)=O)cc(OC)c2n1C/C=C/Cn1c(NC(=O)c2cc(C)nn2CC)nc2cc(C(N)=O)cc(OCCCN3CCN(C(=O)[C@H](CCCNC(N)=O)NC(=O)[C@H](N)C(C)C)CC3)c21. The summed E-state index contributed by atoms with van der Waals surface area (Å²) in [5.41, 5.74) is 26.6. The number of rotatable bonds is 26. The number of primary amides is 3. The number of ether oxygens (including phenoxy) is 2. The van der Waals surface area contributed by atoms with Crippen LogP contribution in [0.15, 0.2) is 48.6 Å². The molecule has 12 N–H and O–H groups in total. The van der Waals surface area contributed by atoms with Crippen LogP contribution in [0.3, 0.4) is 0 Å².